The molecule has 2 aliphatic heterocycles. The van der Waals surface area contributed by atoms with Crippen molar-refractivity contribution in [2.75, 3.05) is 25.4 Å². The molecule has 3 rings (SSSR count). The molecule has 2 saturated heterocycles. The van der Waals surface area contributed by atoms with E-state index in [1.54, 1.807) is 11.8 Å². The largest absolute Gasteiger partial charge is 0.473 e. The van der Waals surface area contributed by atoms with Crippen LogP contribution in [0.2, 0.25) is 0 Å². The van der Waals surface area contributed by atoms with E-state index in [9.17, 15) is 13.2 Å². The minimum atomic E-state index is -4.03. The number of hydrogen-bond donors (Lipinski definition) is 2. The van der Waals surface area contributed by atoms with Gasteiger partial charge in [-0.15, -0.1) is 11.8 Å². The number of nitrogens with zero attached hydrogens (tertiary/aromatic N) is 3. The quantitative estimate of drug-likeness (QED) is 0.394. The van der Waals surface area contributed by atoms with Crippen molar-refractivity contribution in [1.82, 2.24) is 13.6 Å². The number of piperidine rings is 1. The summed E-state index contributed by atoms with van der Waals surface area (Å²) < 4.78 is 45.2. The van der Waals surface area contributed by atoms with E-state index in [1.807, 2.05) is 0 Å². The summed E-state index contributed by atoms with van der Waals surface area (Å²) in [6.45, 7) is 3.42. The molecule has 0 aliphatic carbocycles. The highest BCUT2D eigenvalue weighted by Crippen LogP contribution is 2.41. The molecule has 2 fully saturated rings. The van der Waals surface area contributed by atoms with Crippen LogP contribution in [0.4, 0.5) is 13.2 Å². The third-order valence-electron chi connectivity index (χ3n) is 4.68. The molecule has 0 amide bonds. The lowest BCUT2D eigenvalue weighted by Crippen LogP contribution is -2.25. The number of aromatic nitrogens is 2. The Morgan fingerprint density at radius 1 is 1.18 bits per heavy atom. The predicted octanol–water partition coefficient (Wildman–Crippen LogP) is 3.33. The van der Waals surface area contributed by atoms with Crippen molar-refractivity contribution in [2.45, 2.75) is 49.2 Å². The van der Waals surface area contributed by atoms with Crippen LogP contribution in [0, 0.1) is 5.92 Å². The van der Waals surface area contributed by atoms with Crippen LogP contribution in [-0.4, -0.2) is 67.4 Å². The Labute approximate surface area is 168 Å². The molecule has 0 aromatic carbocycles. The van der Waals surface area contributed by atoms with Crippen LogP contribution in [-0.2, 0) is 9.59 Å². The molecule has 2 bridgehead atoms. The number of carbonyl (C=O) groups is 2. The predicted molar refractivity (Wildman–Crippen MR) is 97.7 cm³/mol. The third kappa shape index (κ3) is 7.21. The average molecular weight is 441 g/mol. The molecule has 1 aromatic rings. The molecule has 3 atom stereocenters. The minimum Gasteiger partial charge on any atom is -0.473 e. The summed E-state index contributed by atoms with van der Waals surface area (Å²) in [6, 6.07) is 0. The van der Waals surface area contributed by atoms with Crippen molar-refractivity contribution >= 4 is 35.4 Å². The number of carboxylic acids is 2. The summed E-state index contributed by atoms with van der Waals surface area (Å²) in [7, 11) is 0. The van der Waals surface area contributed by atoms with Gasteiger partial charge in [0.15, 0.2) is 0 Å². The van der Waals surface area contributed by atoms with E-state index in [0.29, 0.717) is 24.0 Å². The number of alkyl halides is 3. The van der Waals surface area contributed by atoms with Gasteiger partial charge < -0.3 is 15.1 Å². The van der Waals surface area contributed by atoms with Gasteiger partial charge in [0.05, 0.1) is 17.4 Å². The second-order valence-electron chi connectivity index (χ2n) is 6.75. The fourth-order valence-corrected chi connectivity index (χ4v) is 5.21. The number of aliphatic carboxylic acids is 2. The van der Waals surface area contributed by atoms with Crippen LogP contribution >= 0.6 is 23.5 Å². The molecule has 3 unspecified atom stereocenters. The van der Waals surface area contributed by atoms with Crippen LogP contribution < -0.4 is 0 Å². The summed E-state index contributed by atoms with van der Waals surface area (Å²) in [5, 5.41) is 15.7. The lowest BCUT2D eigenvalue weighted by molar-refractivity contribution is -0.159. The molecule has 28 heavy (non-hydrogen) atoms. The minimum absolute atomic E-state index is 0.198. The van der Waals surface area contributed by atoms with Crippen LogP contribution in [0.15, 0.2) is 5.03 Å². The molecule has 3 heterocycles. The average Bonchev–Trinajstić information content (AvgIpc) is 3.17. The topological polar surface area (TPSA) is 104 Å². The van der Waals surface area contributed by atoms with Gasteiger partial charge in [0.25, 0.3) is 0 Å². The Hall–Kier alpha value is -1.40. The fourth-order valence-electron chi connectivity index (χ4n) is 3.43. The van der Waals surface area contributed by atoms with Gasteiger partial charge in [0.1, 0.15) is 5.03 Å². The molecule has 0 spiro atoms. The van der Waals surface area contributed by atoms with Gasteiger partial charge in [0.2, 0.25) is 0 Å². The maximum Gasteiger partial charge on any atom is 0.414 e. The first-order valence-electron chi connectivity index (χ1n) is 8.88. The summed E-state index contributed by atoms with van der Waals surface area (Å²) in [4.78, 5) is 20.7. The zero-order chi connectivity index (χ0) is 20.7. The van der Waals surface area contributed by atoms with E-state index in [-0.39, 0.29) is 6.42 Å². The van der Waals surface area contributed by atoms with Crippen LogP contribution in [0.5, 0.6) is 0 Å². The molecule has 0 radical (unpaired) electrons. The number of hydrogen-bond acceptors (Lipinski definition) is 7. The zero-order valence-electron chi connectivity index (χ0n) is 15.0. The first kappa shape index (κ1) is 22.9. The number of unbranched alkanes of at least 4 members (excludes halogenated alkanes) is 1. The third-order valence-corrected chi connectivity index (χ3v) is 6.40. The van der Waals surface area contributed by atoms with E-state index < -0.39 is 24.5 Å². The Morgan fingerprint density at radius 3 is 2.50 bits per heavy atom. The number of rotatable bonds is 6. The van der Waals surface area contributed by atoms with Crippen molar-refractivity contribution in [1.29, 1.82) is 0 Å². The van der Waals surface area contributed by atoms with Gasteiger partial charge in [0, 0.05) is 25.4 Å². The lowest BCUT2D eigenvalue weighted by atomic mass is 9.89. The van der Waals surface area contributed by atoms with E-state index in [4.69, 9.17) is 19.8 Å². The maximum absolute atomic E-state index is 12.1. The summed E-state index contributed by atoms with van der Waals surface area (Å²) >= 11 is 2.81. The van der Waals surface area contributed by atoms with Crippen LogP contribution in [0.25, 0.3) is 0 Å². The first-order valence-corrected chi connectivity index (χ1v) is 10.6. The molecule has 1 aromatic heterocycles. The van der Waals surface area contributed by atoms with Crippen LogP contribution in [0.1, 0.15) is 43.7 Å². The highest BCUT2D eigenvalue weighted by atomic mass is 32.2. The second-order valence-corrected chi connectivity index (χ2v) is 8.37. The standard InChI is InChI=1S/C14H20F3N3S2.C2H2O4/c15-14(16,17)5-1-2-7-21-13-12(18-22-19-13)11-9-20-6-3-4-10(11)8-20;3-1(4)2(5)6/h10-11H,1-9H2;(H,3,4)(H,5,6). The molecule has 12 heteroatoms. The van der Waals surface area contributed by atoms with Crippen molar-refractivity contribution in [3.05, 3.63) is 5.69 Å². The van der Waals surface area contributed by atoms with Crippen molar-refractivity contribution in [3.8, 4) is 0 Å². The van der Waals surface area contributed by atoms with Gasteiger partial charge in [-0.1, -0.05) is 0 Å². The molecular weight excluding hydrogens is 419 g/mol. The summed E-state index contributed by atoms with van der Waals surface area (Å²) in [6.07, 6.45) is -1.43. The van der Waals surface area contributed by atoms with Crippen molar-refractivity contribution in [3.63, 3.8) is 0 Å². The van der Waals surface area contributed by atoms with Gasteiger partial charge in [-0.05, 0) is 43.9 Å². The van der Waals surface area contributed by atoms with Gasteiger partial charge in [-0.25, -0.2) is 9.59 Å². The monoisotopic (exact) mass is 441 g/mol. The smallest absolute Gasteiger partial charge is 0.414 e. The number of halogens is 3. The Bertz CT molecular complexity index is 660. The Balaban J connectivity index is 0.000000409. The van der Waals surface area contributed by atoms with Gasteiger partial charge in [-0.2, -0.15) is 21.9 Å². The molecular formula is C16H22F3N3O4S2. The van der Waals surface area contributed by atoms with Crippen molar-refractivity contribution < 1.29 is 33.0 Å². The maximum atomic E-state index is 12.1. The second kappa shape index (κ2) is 10.4. The lowest BCUT2D eigenvalue weighted by Gasteiger charge is -2.21. The highest BCUT2D eigenvalue weighted by molar-refractivity contribution is 7.99. The fraction of sp³-hybridized carbons (Fsp3) is 0.750. The van der Waals surface area contributed by atoms with Crippen LogP contribution in [0.3, 0.4) is 0 Å². The number of carboxylic acid groups (broad SMARTS) is 2. The van der Waals surface area contributed by atoms with E-state index in [1.165, 1.54) is 31.1 Å². The van der Waals surface area contributed by atoms with E-state index >= 15 is 0 Å². The Kier molecular flexibility index (Phi) is 8.50. The highest BCUT2D eigenvalue weighted by Gasteiger charge is 2.38. The van der Waals surface area contributed by atoms with E-state index in [2.05, 4.69) is 13.6 Å². The normalized spacial score (nSPS) is 23.8. The summed E-state index contributed by atoms with van der Waals surface area (Å²) in [5.74, 6) is -1.80. The molecule has 2 N–H and O–H groups in total. The van der Waals surface area contributed by atoms with Crippen molar-refractivity contribution in [2.24, 2.45) is 5.92 Å². The Morgan fingerprint density at radius 2 is 1.89 bits per heavy atom. The number of thioether (sulfide) groups is 1. The molecule has 0 saturated carbocycles. The van der Waals surface area contributed by atoms with Gasteiger partial charge >= 0.3 is 18.1 Å². The zero-order valence-corrected chi connectivity index (χ0v) is 16.7. The molecule has 2 aliphatic rings. The molecule has 7 nitrogen and oxygen atoms in total. The number of fused-ring (bicyclic) bond motifs is 2. The first-order chi connectivity index (χ1) is 13.2. The summed E-state index contributed by atoms with van der Waals surface area (Å²) in [5.41, 5.74) is 1.10. The SMILES string of the molecule is FC(F)(F)CCCCSc1nsnc1C1CN2CCCC1C2.O=C(O)C(=O)O. The van der Waals surface area contributed by atoms with Gasteiger partial charge in [-0.3, -0.25) is 0 Å². The van der Waals surface area contributed by atoms with E-state index in [0.717, 1.165) is 23.8 Å². The molecule has 158 valence electrons.